The zero-order chi connectivity index (χ0) is 24.3. The van der Waals surface area contributed by atoms with Crippen LogP contribution in [0, 0.1) is 11.8 Å². The Labute approximate surface area is 207 Å². The van der Waals surface area contributed by atoms with E-state index in [-0.39, 0.29) is 0 Å². The van der Waals surface area contributed by atoms with E-state index in [2.05, 4.69) is 33.8 Å². The van der Waals surface area contributed by atoms with E-state index < -0.39 is 7.12 Å². The summed E-state index contributed by atoms with van der Waals surface area (Å²) in [5, 5.41) is 19.8. The van der Waals surface area contributed by atoms with Gasteiger partial charge in [-0.3, -0.25) is 0 Å². The van der Waals surface area contributed by atoms with Gasteiger partial charge in [-0.25, -0.2) is 0 Å². The van der Waals surface area contributed by atoms with Gasteiger partial charge in [-0.05, 0) is 41.3 Å². The highest BCUT2D eigenvalue weighted by Gasteiger charge is 2.17. The van der Waals surface area contributed by atoms with Gasteiger partial charge in [0, 0.05) is 0 Å². The van der Waals surface area contributed by atoms with Crippen molar-refractivity contribution in [3.63, 3.8) is 0 Å². The molecule has 3 heteroatoms. The Morgan fingerprint density at radius 3 is 1.33 bits per heavy atom. The summed E-state index contributed by atoms with van der Waals surface area (Å²) >= 11 is 0. The van der Waals surface area contributed by atoms with Crippen LogP contribution in [0.1, 0.15) is 142 Å². The first kappa shape index (κ1) is 30.2. The molecule has 1 aromatic rings. The maximum atomic E-state index is 9.90. The van der Waals surface area contributed by atoms with Gasteiger partial charge in [-0.1, -0.05) is 149 Å². The highest BCUT2D eigenvalue weighted by atomic mass is 16.4. The van der Waals surface area contributed by atoms with Gasteiger partial charge >= 0.3 is 7.12 Å². The third kappa shape index (κ3) is 14.3. The molecule has 0 aliphatic rings. The molecule has 0 aliphatic heterocycles. The van der Waals surface area contributed by atoms with Gasteiger partial charge in [0.1, 0.15) is 0 Å². The summed E-state index contributed by atoms with van der Waals surface area (Å²) in [7, 11) is -1.37. The Hall–Kier alpha value is -0.795. The number of rotatable bonds is 21. The predicted octanol–water partition coefficient (Wildman–Crippen LogP) is 8.01. The molecule has 0 bridgehead atoms. The Balaban J connectivity index is 2.65. The second-order valence-electron chi connectivity index (χ2n) is 10.5. The van der Waals surface area contributed by atoms with Crippen molar-refractivity contribution in [2.24, 2.45) is 11.8 Å². The third-order valence-electron chi connectivity index (χ3n) is 7.51. The second kappa shape index (κ2) is 19.5. The Kier molecular flexibility index (Phi) is 17.9. The Bertz CT molecular complexity index is 542. The molecule has 0 aromatic heterocycles. The molecule has 0 radical (unpaired) electrons. The van der Waals surface area contributed by atoms with Crippen LogP contribution in [0.25, 0.3) is 0 Å². The van der Waals surface area contributed by atoms with E-state index in [0.29, 0.717) is 17.3 Å². The van der Waals surface area contributed by atoms with Crippen LogP contribution < -0.4 is 5.46 Å². The van der Waals surface area contributed by atoms with Crippen LogP contribution in [0.15, 0.2) is 18.2 Å². The predicted molar refractivity (Wildman–Crippen MR) is 147 cm³/mol. The second-order valence-corrected chi connectivity index (χ2v) is 10.5. The Morgan fingerprint density at radius 2 is 0.970 bits per heavy atom. The molecule has 2 unspecified atom stereocenters. The van der Waals surface area contributed by atoms with E-state index >= 15 is 0 Å². The lowest BCUT2D eigenvalue weighted by atomic mass is 9.76. The van der Waals surface area contributed by atoms with Crippen LogP contribution in [0.3, 0.4) is 0 Å². The molecule has 33 heavy (non-hydrogen) atoms. The first-order valence-corrected chi connectivity index (χ1v) is 14.5. The van der Waals surface area contributed by atoms with Gasteiger partial charge in [0.2, 0.25) is 0 Å². The maximum absolute atomic E-state index is 9.90. The molecule has 1 rings (SSSR count). The molecule has 2 atom stereocenters. The normalized spacial score (nSPS) is 13.3. The Morgan fingerprint density at radius 1 is 0.576 bits per heavy atom. The molecule has 2 N–H and O–H groups in total. The van der Waals surface area contributed by atoms with E-state index in [1.165, 1.54) is 114 Å². The maximum Gasteiger partial charge on any atom is 0.488 e. The van der Waals surface area contributed by atoms with Crippen LogP contribution in [-0.4, -0.2) is 17.2 Å². The van der Waals surface area contributed by atoms with Gasteiger partial charge in [-0.15, -0.1) is 0 Å². The molecular formula is C30H55BO2. The zero-order valence-corrected chi connectivity index (χ0v) is 22.6. The van der Waals surface area contributed by atoms with Gasteiger partial charge in [0.25, 0.3) is 0 Å². The minimum absolute atomic E-state index is 0.673. The van der Waals surface area contributed by atoms with Crippen LogP contribution in [-0.2, 0) is 12.8 Å². The average Bonchev–Trinajstić information content (AvgIpc) is 2.81. The largest absolute Gasteiger partial charge is 0.488 e. The zero-order valence-electron chi connectivity index (χ0n) is 22.6. The molecule has 0 saturated carbocycles. The number of benzene rings is 1. The summed E-state index contributed by atoms with van der Waals surface area (Å²) in [4.78, 5) is 0. The summed E-state index contributed by atoms with van der Waals surface area (Å²) in [5.41, 5.74) is 3.26. The minimum atomic E-state index is -1.37. The fourth-order valence-electron chi connectivity index (χ4n) is 5.17. The van der Waals surface area contributed by atoms with Gasteiger partial charge in [-0.2, -0.15) is 0 Å². The van der Waals surface area contributed by atoms with Crippen LogP contribution >= 0.6 is 0 Å². The van der Waals surface area contributed by atoms with E-state index in [4.69, 9.17) is 0 Å². The average molecular weight is 459 g/mol. The standard InChI is InChI=1S/C30H55BO2/c1-5-9-11-13-15-17-19-26(7-3)21-28-23-29(25-30(24-28)31(32)33)22-27(8-4)20-18-16-14-12-10-6-2/h23-27,32-33H,5-22H2,1-4H3. The van der Waals surface area contributed by atoms with Crippen LogP contribution in [0.4, 0.5) is 0 Å². The fourth-order valence-corrected chi connectivity index (χ4v) is 5.17. The van der Waals surface area contributed by atoms with Gasteiger partial charge in [0.05, 0.1) is 0 Å². The molecule has 0 amide bonds. The van der Waals surface area contributed by atoms with Crippen molar-refractivity contribution in [3.05, 3.63) is 29.3 Å². The quantitative estimate of drug-likeness (QED) is 0.145. The third-order valence-corrected chi connectivity index (χ3v) is 7.51. The minimum Gasteiger partial charge on any atom is -0.423 e. The molecule has 0 spiro atoms. The van der Waals surface area contributed by atoms with Gasteiger partial charge in [0.15, 0.2) is 0 Å². The van der Waals surface area contributed by atoms with E-state index in [0.717, 1.165) is 12.8 Å². The summed E-state index contributed by atoms with van der Waals surface area (Å²) in [5.74, 6) is 1.39. The van der Waals surface area contributed by atoms with E-state index in [9.17, 15) is 10.0 Å². The lowest BCUT2D eigenvalue weighted by molar-refractivity contribution is 0.423. The molecule has 2 nitrogen and oxygen atoms in total. The van der Waals surface area contributed by atoms with Gasteiger partial charge < -0.3 is 10.0 Å². The van der Waals surface area contributed by atoms with E-state index in [1.54, 1.807) is 0 Å². The van der Waals surface area contributed by atoms with E-state index in [1.807, 2.05) is 12.1 Å². The number of unbranched alkanes of at least 4 members (excludes halogenated alkanes) is 10. The van der Waals surface area contributed by atoms with Crippen molar-refractivity contribution in [2.45, 2.75) is 143 Å². The number of hydrogen-bond acceptors (Lipinski definition) is 2. The molecule has 0 aliphatic carbocycles. The molecule has 0 heterocycles. The SMILES string of the molecule is CCCCCCCCC(CC)Cc1cc(CC(CC)CCCCCCCC)cc(B(O)O)c1. The summed E-state index contributed by atoms with van der Waals surface area (Å²) < 4.78 is 0. The number of hydrogen-bond donors (Lipinski definition) is 2. The lowest BCUT2D eigenvalue weighted by Gasteiger charge is -2.19. The van der Waals surface area contributed by atoms with Crippen LogP contribution in [0.2, 0.25) is 0 Å². The monoisotopic (exact) mass is 458 g/mol. The molecule has 1 aromatic carbocycles. The molecular weight excluding hydrogens is 403 g/mol. The highest BCUT2D eigenvalue weighted by molar-refractivity contribution is 6.58. The molecule has 190 valence electrons. The van der Waals surface area contributed by atoms with Crippen LogP contribution in [0.5, 0.6) is 0 Å². The van der Waals surface area contributed by atoms with Crippen molar-refractivity contribution in [3.8, 4) is 0 Å². The first-order valence-electron chi connectivity index (χ1n) is 14.5. The topological polar surface area (TPSA) is 40.5 Å². The smallest absolute Gasteiger partial charge is 0.423 e. The summed E-state index contributed by atoms with van der Waals surface area (Å²) in [6.07, 6.45) is 23.3. The van der Waals surface area contributed by atoms with Crippen molar-refractivity contribution in [2.75, 3.05) is 0 Å². The van der Waals surface area contributed by atoms with Crippen molar-refractivity contribution >= 4 is 12.6 Å². The highest BCUT2D eigenvalue weighted by Crippen LogP contribution is 2.23. The first-order chi connectivity index (χ1) is 16.0. The summed E-state index contributed by atoms with van der Waals surface area (Å²) in [6, 6.07) is 6.43. The van der Waals surface area contributed by atoms with Crippen molar-refractivity contribution in [1.82, 2.24) is 0 Å². The van der Waals surface area contributed by atoms with Crippen molar-refractivity contribution < 1.29 is 10.0 Å². The molecule has 0 saturated heterocycles. The fraction of sp³-hybridized carbons (Fsp3) is 0.800. The summed E-state index contributed by atoms with van der Waals surface area (Å²) in [6.45, 7) is 9.16. The lowest BCUT2D eigenvalue weighted by Crippen LogP contribution is -2.31. The van der Waals surface area contributed by atoms with Crippen molar-refractivity contribution in [1.29, 1.82) is 0 Å². The molecule has 0 fully saturated rings.